The van der Waals surface area contributed by atoms with Crippen LogP contribution in [0.2, 0.25) is 0 Å². The first-order valence-corrected chi connectivity index (χ1v) is 4.50. The van der Waals surface area contributed by atoms with Crippen LogP contribution in [0.4, 0.5) is 0 Å². The summed E-state index contributed by atoms with van der Waals surface area (Å²) in [4.78, 5) is 0. The zero-order valence-corrected chi connectivity index (χ0v) is 7.83. The first-order valence-electron chi connectivity index (χ1n) is 4.50. The van der Waals surface area contributed by atoms with Gasteiger partial charge in [0.25, 0.3) is 0 Å². The SMILES string of the molecule is CCn1ccc(CC[C@H](C)N)n1. The fourth-order valence-electron chi connectivity index (χ4n) is 1.09. The summed E-state index contributed by atoms with van der Waals surface area (Å²) in [6.45, 7) is 5.05. The van der Waals surface area contributed by atoms with Crippen LogP contribution >= 0.6 is 0 Å². The maximum Gasteiger partial charge on any atom is 0.0625 e. The summed E-state index contributed by atoms with van der Waals surface area (Å²) in [6, 6.07) is 2.34. The Morgan fingerprint density at radius 1 is 1.67 bits per heavy atom. The zero-order chi connectivity index (χ0) is 8.97. The molecule has 68 valence electrons. The molecule has 3 heteroatoms. The van der Waals surface area contributed by atoms with Crippen molar-refractivity contribution in [2.24, 2.45) is 5.73 Å². The molecule has 0 radical (unpaired) electrons. The average molecular weight is 167 g/mol. The first-order chi connectivity index (χ1) is 5.72. The molecule has 1 aromatic heterocycles. The summed E-state index contributed by atoms with van der Waals surface area (Å²) >= 11 is 0. The summed E-state index contributed by atoms with van der Waals surface area (Å²) in [5.41, 5.74) is 6.79. The van der Waals surface area contributed by atoms with Crippen LogP contribution in [0.3, 0.4) is 0 Å². The van der Waals surface area contributed by atoms with E-state index in [9.17, 15) is 0 Å². The molecule has 1 aromatic rings. The van der Waals surface area contributed by atoms with Crippen LogP contribution < -0.4 is 5.73 Å². The Balaban J connectivity index is 2.41. The Morgan fingerprint density at radius 3 is 2.92 bits per heavy atom. The van der Waals surface area contributed by atoms with Crippen molar-refractivity contribution >= 4 is 0 Å². The molecule has 1 heterocycles. The van der Waals surface area contributed by atoms with Gasteiger partial charge < -0.3 is 5.73 Å². The number of rotatable bonds is 4. The van der Waals surface area contributed by atoms with E-state index < -0.39 is 0 Å². The minimum absolute atomic E-state index is 0.275. The van der Waals surface area contributed by atoms with Crippen molar-refractivity contribution in [2.45, 2.75) is 39.3 Å². The Labute approximate surface area is 73.6 Å². The minimum atomic E-state index is 0.275. The molecule has 0 spiro atoms. The third-order valence-corrected chi connectivity index (χ3v) is 1.88. The minimum Gasteiger partial charge on any atom is -0.328 e. The van der Waals surface area contributed by atoms with E-state index in [4.69, 9.17) is 5.73 Å². The normalized spacial score (nSPS) is 13.2. The van der Waals surface area contributed by atoms with Crippen LogP contribution in [0.25, 0.3) is 0 Å². The van der Waals surface area contributed by atoms with Gasteiger partial charge in [-0.15, -0.1) is 0 Å². The molecular formula is C9H17N3. The molecule has 3 nitrogen and oxygen atoms in total. The summed E-state index contributed by atoms with van der Waals surface area (Å²) < 4.78 is 1.94. The van der Waals surface area contributed by atoms with Crippen molar-refractivity contribution in [1.82, 2.24) is 9.78 Å². The van der Waals surface area contributed by atoms with E-state index >= 15 is 0 Å². The molecule has 0 aromatic carbocycles. The lowest BCUT2D eigenvalue weighted by molar-refractivity contribution is 0.619. The predicted molar refractivity (Wildman–Crippen MR) is 49.9 cm³/mol. The summed E-state index contributed by atoms with van der Waals surface area (Å²) in [7, 11) is 0. The van der Waals surface area contributed by atoms with Gasteiger partial charge in [0.1, 0.15) is 0 Å². The molecule has 2 N–H and O–H groups in total. The fraction of sp³-hybridized carbons (Fsp3) is 0.667. The maximum atomic E-state index is 5.64. The van der Waals surface area contributed by atoms with Gasteiger partial charge in [-0.2, -0.15) is 5.10 Å². The van der Waals surface area contributed by atoms with Crippen LogP contribution in [0.1, 0.15) is 26.0 Å². The molecule has 12 heavy (non-hydrogen) atoms. The Hall–Kier alpha value is -0.830. The van der Waals surface area contributed by atoms with Gasteiger partial charge in [-0.05, 0) is 32.8 Å². The number of aromatic nitrogens is 2. The molecule has 0 bridgehead atoms. The number of nitrogens with zero attached hydrogens (tertiary/aromatic N) is 2. The standard InChI is InChI=1S/C9H17N3/c1-3-12-7-6-9(11-12)5-4-8(2)10/h6-8H,3-5,10H2,1-2H3/t8-/m0/s1. The van der Waals surface area contributed by atoms with Crippen molar-refractivity contribution in [3.8, 4) is 0 Å². The molecule has 0 amide bonds. The highest BCUT2D eigenvalue weighted by Crippen LogP contribution is 2.01. The van der Waals surface area contributed by atoms with Crippen molar-refractivity contribution < 1.29 is 0 Å². The van der Waals surface area contributed by atoms with Crippen molar-refractivity contribution in [1.29, 1.82) is 0 Å². The topological polar surface area (TPSA) is 43.8 Å². The molecule has 1 atom stereocenters. The van der Waals surface area contributed by atoms with Crippen molar-refractivity contribution in [3.05, 3.63) is 18.0 Å². The highest BCUT2D eigenvalue weighted by molar-refractivity contribution is 4.99. The van der Waals surface area contributed by atoms with Gasteiger partial charge in [-0.25, -0.2) is 0 Å². The van der Waals surface area contributed by atoms with Gasteiger partial charge >= 0.3 is 0 Å². The van der Waals surface area contributed by atoms with E-state index in [1.54, 1.807) is 0 Å². The van der Waals surface area contributed by atoms with E-state index in [-0.39, 0.29) is 6.04 Å². The monoisotopic (exact) mass is 167 g/mol. The van der Waals surface area contributed by atoms with Gasteiger partial charge in [0, 0.05) is 18.8 Å². The van der Waals surface area contributed by atoms with E-state index in [0.29, 0.717) is 0 Å². The molecule has 0 saturated carbocycles. The number of aryl methyl sites for hydroxylation is 2. The van der Waals surface area contributed by atoms with E-state index in [1.807, 2.05) is 17.8 Å². The van der Waals surface area contributed by atoms with Gasteiger partial charge in [0.05, 0.1) is 5.69 Å². The largest absolute Gasteiger partial charge is 0.328 e. The third-order valence-electron chi connectivity index (χ3n) is 1.88. The molecule has 0 saturated heterocycles. The average Bonchev–Trinajstić information content (AvgIpc) is 2.48. The van der Waals surface area contributed by atoms with Crippen LogP contribution in [0, 0.1) is 0 Å². The van der Waals surface area contributed by atoms with Crippen molar-refractivity contribution in [3.63, 3.8) is 0 Å². The third kappa shape index (κ3) is 2.66. The second kappa shape index (κ2) is 4.26. The maximum absolute atomic E-state index is 5.64. The molecule has 1 rings (SSSR count). The molecule has 0 fully saturated rings. The van der Waals surface area contributed by atoms with E-state index in [0.717, 1.165) is 25.1 Å². The van der Waals surface area contributed by atoms with Gasteiger partial charge in [-0.1, -0.05) is 0 Å². The summed E-state index contributed by atoms with van der Waals surface area (Å²) in [5.74, 6) is 0. The van der Waals surface area contributed by atoms with Crippen LogP contribution in [0.15, 0.2) is 12.3 Å². The first kappa shape index (κ1) is 9.26. The fourth-order valence-corrected chi connectivity index (χ4v) is 1.09. The predicted octanol–water partition coefficient (Wildman–Crippen LogP) is 1.18. The molecule has 0 aliphatic carbocycles. The van der Waals surface area contributed by atoms with Crippen LogP contribution in [-0.2, 0) is 13.0 Å². The van der Waals surface area contributed by atoms with Gasteiger partial charge in [0.15, 0.2) is 0 Å². The van der Waals surface area contributed by atoms with Gasteiger partial charge in [0.2, 0.25) is 0 Å². The van der Waals surface area contributed by atoms with E-state index in [2.05, 4.69) is 18.1 Å². The highest BCUT2D eigenvalue weighted by atomic mass is 15.3. The van der Waals surface area contributed by atoms with E-state index in [1.165, 1.54) is 0 Å². The highest BCUT2D eigenvalue weighted by Gasteiger charge is 1.99. The van der Waals surface area contributed by atoms with Crippen LogP contribution in [-0.4, -0.2) is 15.8 Å². The second-order valence-electron chi connectivity index (χ2n) is 3.18. The lowest BCUT2D eigenvalue weighted by Gasteiger charge is -2.01. The van der Waals surface area contributed by atoms with Crippen molar-refractivity contribution in [2.75, 3.05) is 0 Å². The van der Waals surface area contributed by atoms with Crippen LogP contribution in [0.5, 0.6) is 0 Å². The number of nitrogens with two attached hydrogens (primary N) is 1. The molecule has 0 aliphatic rings. The smallest absolute Gasteiger partial charge is 0.0625 e. The second-order valence-corrected chi connectivity index (χ2v) is 3.18. The Kier molecular flexibility index (Phi) is 3.29. The van der Waals surface area contributed by atoms with Gasteiger partial charge in [-0.3, -0.25) is 4.68 Å². The molecule has 0 unspecified atom stereocenters. The summed E-state index contributed by atoms with van der Waals surface area (Å²) in [6.07, 6.45) is 4.02. The molecule has 0 aliphatic heterocycles. The Morgan fingerprint density at radius 2 is 2.42 bits per heavy atom. The quantitative estimate of drug-likeness (QED) is 0.732. The zero-order valence-electron chi connectivity index (χ0n) is 7.83. The summed E-state index contributed by atoms with van der Waals surface area (Å²) in [5, 5.41) is 4.36. The lowest BCUT2D eigenvalue weighted by Crippen LogP contribution is -2.15. The Bertz CT molecular complexity index is 227. The number of hydrogen-bond acceptors (Lipinski definition) is 2. The molecular weight excluding hydrogens is 150 g/mol. The lowest BCUT2D eigenvalue weighted by atomic mass is 10.1. The number of hydrogen-bond donors (Lipinski definition) is 1.